The third-order valence-electron chi connectivity index (χ3n) is 5.39. The lowest BCUT2D eigenvalue weighted by molar-refractivity contribution is -0.123. The van der Waals surface area contributed by atoms with Crippen LogP contribution in [0.5, 0.6) is 0 Å². The van der Waals surface area contributed by atoms with Crippen molar-refractivity contribution in [3.05, 3.63) is 29.3 Å². The SMILES string of the molecule is Cc1cccc(S(=O)(=O)N2CCCC(CNC(=O)C3CCCN3)C2)c1C#N. The predicted octanol–water partition coefficient (Wildman–Crippen LogP) is 1.14. The molecule has 0 spiro atoms. The summed E-state index contributed by atoms with van der Waals surface area (Å²) in [6.07, 6.45) is 3.48. The van der Waals surface area contributed by atoms with E-state index in [0.29, 0.717) is 25.2 Å². The van der Waals surface area contributed by atoms with Gasteiger partial charge in [-0.05, 0) is 56.7 Å². The van der Waals surface area contributed by atoms with Crippen LogP contribution in [-0.4, -0.2) is 50.9 Å². The van der Waals surface area contributed by atoms with Crippen LogP contribution < -0.4 is 10.6 Å². The maximum atomic E-state index is 13.1. The van der Waals surface area contributed by atoms with Crippen molar-refractivity contribution in [2.75, 3.05) is 26.2 Å². The van der Waals surface area contributed by atoms with E-state index in [1.165, 1.54) is 10.4 Å². The summed E-state index contributed by atoms with van der Waals surface area (Å²) in [5, 5.41) is 15.5. The number of carbonyl (C=O) groups is 1. The second kappa shape index (κ2) is 8.38. The Bertz CT molecular complexity index is 841. The highest BCUT2D eigenvalue weighted by molar-refractivity contribution is 7.89. The van der Waals surface area contributed by atoms with Crippen LogP contribution in [0.25, 0.3) is 0 Å². The van der Waals surface area contributed by atoms with Crippen LogP contribution in [0.3, 0.4) is 0 Å². The third-order valence-corrected chi connectivity index (χ3v) is 7.30. The number of nitriles is 1. The van der Waals surface area contributed by atoms with Gasteiger partial charge < -0.3 is 10.6 Å². The Kier molecular flexibility index (Phi) is 6.15. The van der Waals surface area contributed by atoms with Gasteiger partial charge in [0.1, 0.15) is 11.0 Å². The molecule has 2 heterocycles. The number of sulfonamides is 1. The summed E-state index contributed by atoms with van der Waals surface area (Å²) in [4.78, 5) is 12.2. The standard InChI is InChI=1S/C19H26N4O3S/c1-14-5-2-8-18(16(14)11-20)27(25,26)23-10-4-6-15(13-23)12-22-19(24)17-7-3-9-21-17/h2,5,8,15,17,21H,3-4,6-7,9-10,12-13H2,1H3,(H,22,24). The molecule has 0 aliphatic carbocycles. The van der Waals surface area contributed by atoms with Crippen LogP contribution in [-0.2, 0) is 14.8 Å². The average molecular weight is 391 g/mol. The number of aryl methyl sites for hydroxylation is 1. The molecule has 8 heteroatoms. The van der Waals surface area contributed by atoms with E-state index in [1.807, 2.05) is 6.07 Å². The van der Waals surface area contributed by atoms with Gasteiger partial charge in [-0.3, -0.25) is 4.79 Å². The molecular weight excluding hydrogens is 364 g/mol. The molecule has 146 valence electrons. The largest absolute Gasteiger partial charge is 0.354 e. The zero-order valence-electron chi connectivity index (χ0n) is 15.6. The number of hydrogen-bond donors (Lipinski definition) is 2. The molecule has 0 aromatic heterocycles. The molecule has 2 aliphatic rings. The summed E-state index contributed by atoms with van der Waals surface area (Å²) in [6.45, 7) is 3.88. The molecule has 3 rings (SSSR count). The Hall–Kier alpha value is -1.95. The lowest BCUT2D eigenvalue weighted by Gasteiger charge is -2.32. The number of rotatable bonds is 5. The molecule has 2 atom stereocenters. The van der Waals surface area contributed by atoms with Gasteiger partial charge in [0.2, 0.25) is 15.9 Å². The zero-order chi connectivity index (χ0) is 19.4. The topological polar surface area (TPSA) is 102 Å². The van der Waals surface area contributed by atoms with Crippen molar-refractivity contribution in [3.8, 4) is 6.07 Å². The van der Waals surface area contributed by atoms with Crippen molar-refractivity contribution >= 4 is 15.9 Å². The number of piperidine rings is 1. The minimum atomic E-state index is -3.73. The van der Waals surface area contributed by atoms with Crippen LogP contribution in [0.4, 0.5) is 0 Å². The summed E-state index contributed by atoms with van der Waals surface area (Å²) in [5.41, 5.74) is 0.865. The molecule has 0 bridgehead atoms. The van der Waals surface area contributed by atoms with Gasteiger partial charge in [-0.1, -0.05) is 12.1 Å². The number of nitrogens with zero attached hydrogens (tertiary/aromatic N) is 2. The van der Waals surface area contributed by atoms with Gasteiger partial charge in [-0.2, -0.15) is 9.57 Å². The van der Waals surface area contributed by atoms with Crippen LogP contribution in [0.2, 0.25) is 0 Å². The number of amides is 1. The van der Waals surface area contributed by atoms with E-state index in [4.69, 9.17) is 0 Å². The quantitative estimate of drug-likeness (QED) is 0.785. The van der Waals surface area contributed by atoms with E-state index < -0.39 is 10.0 Å². The van der Waals surface area contributed by atoms with Gasteiger partial charge in [0.15, 0.2) is 0 Å². The van der Waals surface area contributed by atoms with Crippen molar-refractivity contribution < 1.29 is 13.2 Å². The second-order valence-corrected chi connectivity index (χ2v) is 9.23. The first-order valence-electron chi connectivity index (χ1n) is 9.44. The highest BCUT2D eigenvalue weighted by atomic mass is 32.2. The maximum Gasteiger partial charge on any atom is 0.244 e. The lowest BCUT2D eigenvalue weighted by Crippen LogP contribution is -2.46. The molecule has 2 saturated heterocycles. The molecular formula is C19H26N4O3S. The fourth-order valence-electron chi connectivity index (χ4n) is 3.83. The summed E-state index contributed by atoms with van der Waals surface area (Å²) in [7, 11) is -3.73. The van der Waals surface area contributed by atoms with Gasteiger partial charge in [-0.15, -0.1) is 0 Å². The van der Waals surface area contributed by atoms with Gasteiger partial charge in [0.25, 0.3) is 0 Å². The lowest BCUT2D eigenvalue weighted by atomic mass is 9.99. The summed E-state index contributed by atoms with van der Waals surface area (Å²) < 4.78 is 27.6. The minimum absolute atomic E-state index is 0.00192. The molecule has 1 amide bonds. The third kappa shape index (κ3) is 4.32. The molecule has 1 aromatic rings. The van der Waals surface area contributed by atoms with E-state index in [-0.39, 0.29) is 28.3 Å². The summed E-state index contributed by atoms with van der Waals surface area (Å²) in [5.74, 6) is 0.0761. The molecule has 2 N–H and O–H groups in total. The monoisotopic (exact) mass is 390 g/mol. The van der Waals surface area contributed by atoms with Crippen molar-refractivity contribution in [2.45, 2.75) is 43.5 Å². The highest BCUT2D eigenvalue weighted by Crippen LogP contribution is 2.26. The van der Waals surface area contributed by atoms with Crippen molar-refractivity contribution in [3.63, 3.8) is 0 Å². The maximum absolute atomic E-state index is 13.1. The van der Waals surface area contributed by atoms with E-state index in [2.05, 4.69) is 10.6 Å². The second-order valence-electron chi connectivity index (χ2n) is 7.33. The molecule has 27 heavy (non-hydrogen) atoms. The summed E-state index contributed by atoms with van der Waals surface area (Å²) in [6, 6.07) is 6.80. The Morgan fingerprint density at radius 3 is 2.89 bits per heavy atom. The average Bonchev–Trinajstić information content (AvgIpc) is 3.21. The molecule has 2 fully saturated rings. The first kappa shape index (κ1) is 19.8. The van der Waals surface area contributed by atoms with Gasteiger partial charge >= 0.3 is 0 Å². The highest BCUT2D eigenvalue weighted by Gasteiger charge is 2.32. The normalized spacial score (nSPS) is 23.7. The van der Waals surface area contributed by atoms with Crippen molar-refractivity contribution in [1.82, 2.24) is 14.9 Å². The Morgan fingerprint density at radius 1 is 1.37 bits per heavy atom. The molecule has 1 aromatic carbocycles. The van der Waals surface area contributed by atoms with Crippen LogP contribution in [0.15, 0.2) is 23.1 Å². The van der Waals surface area contributed by atoms with Crippen LogP contribution in [0, 0.1) is 24.2 Å². The van der Waals surface area contributed by atoms with Crippen LogP contribution >= 0.6 is 0 Å². The molecule has 0 saturated carbocycles. The van der Waals surface area contributed by atoms with Gasteiger partial charge in [-0.25, -0.2) is 8.42 Å². The van der Waals surface area contributed by atoms with E-state index in [1.54, 1.807) is 19.1 Å². The fourth-order valence-corrected chi connectivity index (χ4v) is 5.60. The fraction of sp³-hybridized carbons (Fsp3) is 0.579. The Morgan fingerprint density at radius 2 is 2.19 bits per heavy atom. The first-order chi connectivity index (χ1) is 12.9. The Balaban J connectivity index is 1.67. The van der Waals surface area contributed by atoms with E-state index in [0.717, 1.165) is 32.2 Å². The minimum Gasteiger partial charge on any atom is -0.354 e. The zero-order valence-corrected chi connectivity index (χ0v) is 16.4. The van der Waals surface area contributed by atoms with Gasteiger partial charge in [0.05, 0.1) is 11.6 Å². The molecule has 7 nitrogen and oxygen atoms in total. The number of nitrogens with one attached hydrogen (secondary N) is 2. The first-order valence-corrected chi connectivity index (χ1v) is 10.9. The van der Waals surface area contributed by atoms with E-state index >= 15 is 0 Å². The number of carbonyl (C=O) groups excluding carboxylic acids is 1. The molecule has 2 aliphatic heterocycles. The number of benzene rings is 1. The smallest absolute Gasteiger partial charge is 0.244 e. The van der Waals surface area contributed by atoms with Gasteiger partial charge in [0, 0.05) is 19.6 Å². The summed E-state index contributed by atoms with van der Waals surface area (Å²) >= 11 is 0. The number of hydrogen-bond acceptors (Lipinski definition) is 5. The molecule has 2 unspecified atom stereocenters. The van der Waals surface area contributed by atoms with Crippen LogP contribution in [0.1, 0.15) is 36.8 Å². The van der Waals surface area contributed by atoms with Crippen molar-refractivity contribution in [2.24, 2.45) is 5.92 Å². The molecule has 0 radical (unpaired) electrons. The predicted molar refractivity (Wildman–Crippen MR) is 101 cm³/mol. The van der Waals surface area contributed by atoms with Crippen molar-refractivity contribution in [1.29, 1.82) is 5.26 Å². The Labute approximate surface area is 160 Å². The van der Waals surface area contributed by atoms with E-state index in [9.17, 15) is 18.5 Å².